The van der Waals surface area contributed by atoms with Crippen LogP contribution < -0.4 is 5.73 Å². The van der Waals surface area contributed by atoms with Crippen LogP contribution in [0.15, 0.2) is 22.0 Å². The lowest BCUT2D eigenvalue weighted by Gasteiger charge is -2.07. The predicted octanol–water partition coefficient (Wildman–Crippen LogP) is 3.74. The minimum atomic E-state index is 0.495. The number of rotatable bonds is 2. The Kier molecular flexibility index (Phi) is 1.89. The van der Waals surface area contributed by atoms with Crippen molar-refractivity contribution in [2.24, 2.45) is 23.7 Å². The van der Waals surface area contributed by atoms with E-state index >= 15 is 0 Å². The van der Waals surface area contributed by atoms with Gasteiger partial charge in [-0.2, -0.15) is 0 Å². The van der Waals surface area contributed by atoms with Gasteiger partial charge in [0.25, 0.3) is 0 Å². The molecule has 2 aromatic heterocycles. The van der Waals surface area contributed by atoms with Crippen LogP contribution in [0.25, 0.3) is 10.4 Å². The molecule has 4 unspecified atom stereocenters. The van der Waals surface area contributed by atoms with E-state index in [1.807, 2.05) is 0 Å². The quantitative estimate of drug-likeness (QED) is 0.906. The van der Waals surface area contributed by atoms with Gasteiger partial charge in [0.05, 0.1) is 11.3 Å². The van der Waals surface area contributed by atoms with Crippen molar-refractivity contribution in [3.05, 3.63) is 23.2 Å². The lowest BCUT2D eigenvalue weighted by molar-refractivity contribution is 0.417. The van der Waals surface area contributed by atoms with Crippen molar-refractivity contribution in [3.8, 4) is 10.4 Å². The van der Waals surface area contributed by atoms with Crippen molar-refractivity contribution >= 4 is 17.2 Å². The van der Waals surface area contributed by atoms with Gasteiger partial charge in [0.15, 0.2) is 0 Å². The highest BCUT2D eigenvalue weighted by Gasteiger charge is 2.66. The number of nitrogen functional groups attached to an aromatic ring is 1. The number of nitrogens with zero attached hydrogens (tertiary/aromatic N) is 1. The molecule has 4 atom stereocenters. The summed E-state index contributed by atoms with van der Waals surface area (Å²) in [7, 11) is 0. The number of thiophene rings is 1. The molecule has 98 valence electrons. The maximum absolute atomic E-state index is 6.01. The average molecular weight is 272 g/mol. The number of anilines is 1. The molecule has 3 nitrogen and oxygen atoms in total. The first-order valence-corrected chi connectivity index (χ1v) is 8.01. The second-order valence-electron chi connectivity index (χ2n) is 6.30. The Labute approximate surface area is 115 Å². The molecule has 3 aliphatic rings. The molecule has 0 saturated heterocycles. The van der Waals surface area contributed by atoms with Gasteiger partial charge in [-0.15, -0.1) is 11.3 Å². The summed E-state index contributed by atoms with van der Waals surface area (Å²) < 4.78 is 5.31. The van der Waals surface area contributed by atoms with Gasteiger partial charge in [-0.05, 0) is 54.4 Å². The summed E-state index contributed by atoms with van der Waals surface area (Å²) in [5, 5.41) is 6.41. The van der Waals surface area contributed by atoms with E-state index in [1.54, 1.807) is 11.3 Å². The zero-order valence-electron chi connectivity index (χ0n) is 10.6. The summed E-state index contributed by atoms with van der Waals surface area (Å²) in [5.41, 5.74) is 8.23. The standard InChI is InChI=1S/C15H16N2OS/c16-15-12(9-2-1-5-19-9)14(17-18-15)13-10-7-3-4-8(6-7)11(10)13/h1-2,5,7-8,10-11,13H,3-4,6,16H2. The fourth-order valence-electron chi connectivity index (χ4n) is 4.90. The summed E-state index contributed by atoms with van der Waals surface area (Å²) in [4.78, 5) is 1.20. The topological polar surface area (TPSA) is 52.0 Å². The second-order valence-corrected chi connectivity index (χ2v) is 7.25. The van der Waals surface area contributed by atoms with Crippen molar-refractivity contribution in [2.75, 3.05) is 5.73 Å². The molecule has 3 saturated carbocycles. The van der Waals surface area contributed by atoms with E-state index in [0.29, 0.717) is 11.8 Å². The van der Waals surface area contributed by atoms with Crippen molar-refractivity contribution in [2.45, 2.75) is 25.2 Å². The Morgan fingerprint density at radius 2 is 2.05 bits per heavy atom. The molecular formula is C15H16N2OS. The van der Waals surface area contributed by atoms with Gasteiger partial charge < -0.3 is 10.3 Å². The first-order chi connectivity index (χ1) is 9.34. The smallest absolute Gasteiger partial charge is 0.231 e. The fraction of sp³-hybridized carbons (Fsp3) is 0.533. The summed E-state index contributed by atoms with van der Waals surface area (Å²) in [6.45, 7) is 0. The normalized spacial score (nSPS) is 38.6. The molecule has 2 heterocycles. The molecule has 3 aliphatic carbocycles. The third-order valence-corrected chi connectivity index (χ3v) is 6.45. The molecule has 2 aromatic rings. The third kappa shape index (κ3) is 1.25. The van der Waals surface area contributed by atoms with E-state index in [2.05, 4.69) is 22.7 Å². The molecule has 0 spiro atoms. The number of hydrogen-bond acceptors (Lipinski definition) is 4. The van der Waals surface area contributed by atoms with Gasteiger partial charge in [0.1, 0.15) is 0 Å². The number of hydrogen-bond donors (Lipinski definition) is 1. The zero-order chi connectivity index (χ0) is 12.6. The van der Waals surface area contributed by atoms with E-state index in [4.69, 9.17) is 10.3 Å². The molecule has 4 heteroatoms. The molecule has 0 aliphatic heterocycles. The van der Waals surface area contributed by atoms with Crippen LogP contribution in [0.2, 0.25) is 0 Å². The summed E-state index contributed by atoms with van der Waals surface area (Å²) >= 11 is 1.72. The van der Waals surface area contributed by atoms with Crippen LogP contribution in [0.4, 0.5) is 5.88 Å². The van der Waals surface area contributed by atoms with Gasteiger partial charge >= 0.3 is 0 Å². The maximum Gasteiger partial charge on any atom is 0.231 e. The van der Waals surface area contributed by atoms with E-state index in [9.17, 15) is 0 Å². The number of aromatic nitrogens is 1. The van der Waals surface area contributed by atoms with Crippen LogP contribution in [0, 0.1) is 23.7 Å². The van der Waals surface area contributed by atoms with Crippen LogP contribution in [0.5, 0.6) is 0 Å². The lowest BCUT2D eigenvalue weighted by atomic mass is 9.98. The zero-order valence-corrected chi connectivity index (χ0v) is 11.4. The van der Waals surface area contributed by atoms with Gasteiger partial charge in [0.2, 0.25) is 5.88 Å². The SMILES string of the molecule is Nc1onc(C2C3C4CCC(C4)C23)c1-c1cccs1. The minimum Gasteiger partial charge on any atom is -0.367 e. The number of fused-ring (bicyclic) bond motifs is 5. The highest BCUT2D eigenvalue weighted by atomic mass is 32.1. The molecule has 2 N–H and O–H groups in total. The summed E-state index contributed by atoms with van der Waals surface area (Å²) in [6.07, 6.45) is 4.33. The molecule has 0 radical (unpaired) electrons. The van der Waals surface area contributed by atoms with Gasteiger partial charge in [-0.1, -0.05) is 11.2 Å². The van der Waals surface area contributed by atoms with E-state index in [0.717, 1.165) is 34.9 Å². The van der Waals surface area contributed by atoms with Gasteiger partial charge in [-0.25, -0.2) is 0 Å². The van der Waals surface area contributed by atoms with Crippen LogP contribution in [0.1, 0.15) is 30.9 Å². The summed E-state index contributed by atoms with van der Waals surface area (Å²) in [6, 6.07) is 4.18. The van der Waals surface area contributed by atoms with Crippen molar-refractivity contribution in [3.63, 3.8) is 0 Å². The largest absolute Gasteiger partial charge is 0.367 e. The van der Waals surface area contributed by atoms with Crippen LogP contribution in [0.3, 0.4) is 0 Å². The highest BCUT2D eigenvalue weighted by molar-refractivity contribution is 7.13. The van der Waals surface area contributed by atoms with E-state index in [1.165, 1.54) is 24.1 Å². The van der Waals surface area contributed by atoms with Crippen LogP contribution >= 0.6 is 11.3 Å². The van der Waals surface area contributed by atoms with Crippen molar-refractivity contribution < 1.29 is 4.52 Å². The van der Waals surface area contributed by atoms with Gasteiger partial charge in [0, 0.05) is 10.8 Å². The number of nitrogens with two attached hydrogens (primary N) is 1. The highest BCUT2D eigenvalue weighted by Crippen LogP contribution is 2.73. The molecule has 0 aromatic carbocycles. The molecule has 0 amide bonds. The lowest BCUT2D eigenvalue weighted by Crippen LogP contribution is -1.99. The van der Waals surface area contributed by atoms with Gasteiger partial charge in [-0.3, -0.25) is 0 Å². The third-order valence-electron chi connectivity index (χ3n) is 5.56. The van der Waals surface area contributed by atoms with Crippen molar-refractivity contribution in [1.82, 2.24) is 5.16 Å². The Morgan fingerprint density at radius 1 is 1.26 bits per heavy atom. The molecule has 2 bridgehead atoms. The average Bonchev–Trinajstić information content (AvgIpc) is 2.95. The Hall–Kier alpha value is -1.29. The minimum absolute atomic E-state index is 0.495. The predicted molar refractivity (Wildman–Crippen MR) is 74.8 cm³/mol. The summed E-state index contributed by atoms with van der Waals surface area (Å²) in [5.74, 6) is 4.78. The Morgan fingerprint density at radius 3 is 2.74 bits per heavy atom. The van der Waals surface area contributed by atoms with Crippen LogP contribution in [-0.4, -0.2) is 5.16 Å². The molecule has 5 rings (SSSR count). The van der Waals surface area contributed by atoms with Crippen molar-refractivity contribution in [1.29, 1.82) is 0 Å². The second kappa shape index (κ2) is 3.42. The maximum atomic E-state index is 6.01. The molecule has 19 heavy (non-hydrogen) atoms. The Bertz CT molecular complexity index is 617. The van der Waals surface area contributed by atoms with Crippen LogP contribution in [-0.2, 0) is 0 Å². The first kappa shape index (κ1) is 10.5. The molecular weight excluding hydrogens is 256 g/mol. The van der Waals surface area contributed by atoms with E-state index < -0.39 is 0 Å². The molecule has 3 fully saturated rings. The monoisotopic (exact) mass is 272 g/mol. The first-order valence-electron chi connectivity index (χ1n) is 7.13. The Balaban J connectivity index is 1.58. The van der Waals surface area contributed by atoms with E-state index in [-0.39, 0.29) is 0 Å². The fourth-order valence-corrected chi connectivity index (χ4v) is 5.69.